The predicted molar refractivity (Wildman–Crippen MR) is 74.5 cm³/mol. The van der Waals surface area contributed by atoms with Crippen LogP contribution >= 0.6 is 0 Å². The molecule has 114 valence electrons. The predicted octanol–water partition coefficient (Wildman–Crippen LogP) is 1.47. The Hall–Kier alpha value is -1.77. The van der Waals surface area contributed by atoms with Gasteiger partial charge in [0.25, 0.3) is 5.89 Å². The molecule has 0 aliphatic carbocycles. The van der Waals surface area contributed by atoms with Crippen molar-refractivity contribution in [2.24, 2.45) is 0 Å². The Morgan fingerprint density at radius 2 is 1.90 bits per heavy atom. The van der Waals surface area contributed by atoms with E-state index in [1.807, 2.05) is 0 Å². The van der Waals surface area contributed by atoms with Crippen molar-refractivity contribution in [1.82, 2.24) is 10.1 Å². The van der Waals surface area contributed by atoms with Gasteiger partial charge < -0.3 is 14.0 Å². The van der Waals surface area contributed by atoms with Crippen LogP contribution in [0.15, 0.2) is 33.7 Å². The second-order valence-electron chi connectivity index (χ2n) is 4.43. The lowest BCUT2D eigenvalue weighted by molar-refractivity contribution is 0.0209. The van der Waals surface area contributed by atoms with Gasteiger partial charge in [0.15, 0.2) is 9.84 Å². The second kappa shape index (κ2) is 6.33. The van der Waals surface area contributed by atoms with E-state index in [9.17, 15) is 8.42 Å². The zero-order valence-corrected chi connectivity index (χ0v) is 12.8. The van der Waals surface area contributed by atoms with Gasteiger partial charge in [0.1, 0.15) is 6.10 Å². The molecule has 1 unspecified atom stereocenters. The third kappa shape index (κ3) is 3.66. The molecule has 0 bridgehead atoms. The van der Waals surface area contributed by atoms with Gasteiger partial charge in [-0.25, -0.2) is 8.42 Å². The smallest absolute Gasteiger partial charge is 0.258 e. The van der Waals surface area contributed by atoms with E-state index >= 15 is 0 Å². The highest BCUT2D eigenvalue weighted by molar-refractivity contribution is 7.90. The lowest BCUT2D eigenvalue weighted by Gasteiger charge is -2.08. The monoisotopic (exact) mass is 312 g/mol. The minimum absolute atomic E-state index is 0.236. The fourth-order valence-corrected chi connectivity index (χ4v) is 2.36. The summed E-state index contributed by atoms with van der Waals surface area (Å²) in [5.74, 6) is 0.671. The van der Waals surface area contributed by atoms with Gasteiger partial charge >= 0.3 is 0 Å². The quantitative estimate of drug-likeness (QED) is 0.797. The Labute approximate surface area is 122 Å². The Morgan fingerprint density at radius 1 is 1.24 bits per heavy atom. The van der Waals surface area contributed by atoms with E-state index in [2.05, 4.69) is 10.1 Å². The first kappa shape index (κ1) is 15.6. The Bertz CT molecular complexity index is 694. The highest BCUT2D eigenvalue weighted by Crippen LogP contribution is 2.22. The number of methoxy groups -OCH3 is 2. The van der Waals surface area contributed by atoms with Gasteiger partial charge in [-0.3, -0.25) is 0 Å². The van der Waals surface area contributed by atoms with Crippen LogP contribution in [0.1, 0.15) is 11.9 Å². The minimum Gasteiger partial charge on any atom is -0.381 e. The number of hydrogen-bond acceptors (Lipinski definition) is 7. The molecule has 0 N–H and O–H groups in total. The maximum absolute atomic E-state index is 11.4. The fourth-order valence-electron chi connectivity index (χ4n) is 1.73. The van der Waals surface area contributed by atoms with Crippen molar-refractivity contribution in [3.05, 3.63) is 30.1 Å². The van der Waals surface area contributed by atoms with Crippen molar-refractivity contribution in [2.45, 2.75) is 11.0 Å². The Kier molecular flexibility index (Phi) is 4.71. The van der Waals surface area contributed by atoms with E-state index in [-0.39, 0.29) is 4.90 Å². The molecule has 0 saturated heterocycles. The van der Waals surface area contributed by atoms with E-state index in [1.54, 1.807) is 19.2 Å². The van der Waals surface area contributed by atoms with E-state index < -0.39 is 15.9 Å². The molecule has 1 heterocycles. The SMILES string of the molecule is COCC(OC)c1noc(-c2ccc(S(C)(=O)=O)cc2)n1. The van der Waals surface area contributed by atoms with Crippen LogP contribution in [0, 0.1) is 0 Å². The van der Waals surface area contributed by atoms with E-state index in [0.717, 1.165) is 6.26 Å². The molecule has 1 atom stereocenters. The topological polar surface area (TPSA) is 91.5 Å². The molecule has 1 aromatic heterocycles. The van der Waals surface area contributed by atoms with Gasteiger partial charge in [-0.05, 0) is 24.3 Å². The van der Waals surface area contributed by atoms with Crippen LogP contribution in [0.4, 0.5) is 0 Å². The van der Waals surface area contributed by atoms with Gasteiger partial charge in [-0.1, -0.05) is 5.16 Å². The summed E-state index contributed by atoms with van der Waals surface area (Å²) in [6.07, 6.45) is 0.739. The van der Waals surface area contributed by atoms with Crippen molar-refractivity contribution >= 4 is 9.84 Å². The Morgan fingerprint density at radius 3 is 2.43 bits per heavy atom. The number of rotatable bonds is 6. The second-order valence-corrected chi connectivity index (χ2v) is 6.45. The lowest BCUT2D eigenvalue weighted by atomic mass is 10.2. The summed E-state index contributed by atoms with van der Waals surface area (Å²) in [6.45, 7) is 0.308. The molecule has 0 radical (unpaired) electrons. The highest BCUT2D eigenvalue weighted by atomic mass is 32.2. The van der Waals surface area contributed by atoms with Crippen molar-refractivity contribution < 1.29 is 22.4 Å². The summed E-state index contributed by atoms with van der Waals surface area (Å²) in [6, 6.07) is 6.23. The fraction of sp³-hybridized carbons (Fsp3) is 0.385. The zero-order valence-electron chi connectivity index (χ0n) is 11.9. The number of sulfone groups is 1. The number of aromatic nitrogens is 2. The molecule has 0 fully saturated rings. The van der Waals surface area contributed by atoms with E-state index in [0.29, 0.717) is 23.9 Å². The van der Waals surface area contributed by atoms with Crippen LogP contribution in [0.5, 0.6) is 0 Å². The van der Waals surface area contributed by atoms with Crippen molar-refractivity contribution in [3.8, 4) is 11.5 Å². The van der Waals surface area contributed by atoms with Crippen LogP contribution in [0.3, 0.4) is 0 Å². The zero-order chi connectivity index (χ0) is 15.5. The summed E-state index contributed by atoms with van der Waals surface area (Å²) in [5, 5.41) is 3.84. The largest absolute Gasteiger partial charge is 0.381 e. The van der Waals surface area contributed by atoms with Crippen LogP contribution in [0.25, 0.3) is 11.5 Å². The summed E-state index contributed by atoms with van der Waals surface area (Å²) >= 11 is 0. The number of nitrogens with zero attached hydrogens (tertiary/aromatic N) is 2. The summed E-state index contributed by atoms with van der Waals surface area (Å²) < 4.78 is 38.2. The van der Waals surface area contributed by atoms with Crippen molar-refractivity contribution in [3.63, 3.8) is 0 Å². The minimum atomic E-state index is -3.22. The maximum Gasteiger partial charge on any atom is 0.258 e. The van der Waals surface area contributed by atoms with Gasteiger partial charge in [-0.2, -0.15) is 4.98 Å². The normalized spacial score (nSPS) is 13.3. The summed E-state index contributed by atoms with van der Waals surface area (Å²) in [4.78, 5) is 4.47. The molecule has 1 aromatic carbocycles. The average Bonchev–Trinajstić information content (AvgIpc) is 2.93. The van der Waals surface area contributed by atoms with Gasteiger partial charge in [0, 0.05) is 26.0 Å². The average molecular weight is 312 g/mol. The molecule has 0 saturated carbocycles. The Balaban J connectivity index is 2.25. The van der Waals surface area contributed by atoms with Gasteiger partial charge in [0.05, 0.1) is 11.5 Å². The highest BCUT2D eigenvalue weighted by Gasteiger charge is 2.18. The maximum atomic E-state index is 11.4. The van der Waals surface area contributed by atoms with Gasteiger partial charge in [-0.15, -0.1) is 0 Å². The molecular weight excluding hydrogens is 296 g/mol. The molecule has 2 aromatic rings. The number of benzene rings is 1. The van der Waals surface area contributed by atoms with Crippen LogP contribution < -0.4 is 0 Å². The van der Waals surface area contributed by atoms with Crippen LogP contribution in [-0.2, 0) is 19.3 Å². The first-order valence-corrected chi connectivity index (χ1v) is 8.00. The van der Waals surface area contributed by atoms with E-state index in [4.69, 9.17) is 14.0 Å². The van der Waals surface area contributed by atoms with Crippen LogP contribution in [-0.4, -0.2) is 45.6 Å². The molecule has 2 rings (SSSR count). The molecule has 0 spiro atoms. The molecule has 8 heteroatoms. The molecular formula is C13H16N2O5S. The summed E-state index contributed by atoms with van der Waals surface area (Å²) in [7, 11) is -0.144. The molecule has 0 aliphatic heterocycles. The third-order valence-electron chi connectivity index (χ3n) is 2.86. The van der Waals surface area contributed by atoms with Crippen molar-refractivity contribution in [2.75, 3.05) is 27.1 Å². The number of hydrogen-bond donors (Lipinski definition) is 0. The van der Waals surface area contributed by atoms with Crippen molar-refractivity contribution in [1.29, 1.82) is 0 Å². The molecule has 7 nitrogen and oxygen atoms in total. The standard InChI is InChI=1S/C13H16N2O5S/c1-18-8-11(19-2)12-14-13(20-15-12)9-4-6-10(7-5-9)21(3,16)17/h4-7,11H,8H2,1-3H3. The third-order valence-corrected chi connectivity index (χ3v) is 3.99. The molecule has 21 heavy (non-hydrogen) atoms. The lowest BCUT2D eigenvalue weighted by Crippen LogP contribution is -2.10. The van der Waals surface area contributed by atoms with Gasteiger partial charge in [0.2, 0.25) is 5.82 Å². The first-order valence-electron chi connectivity index (χ1n) is 6.11. The van der Waals surface area contributed by atoms with E-state index in [1.165, 1.54) is 19.2 Å². The molecule has 0 aliphatic rings. The number of ether oxygens (including phenoxy) is 2. The molecule has 0 amide bonds. The summed E-state index contributed by atoms with van der Waals surface area (Å²) in [5.41, 5.74) is 0.633. The van der Waals surface area contributed by atoms with Crippen LogP contribution in [0.2, 0.25) is 0 Å². The first-order chi connectivity index (χ1) is 9.95.